The maximum Gasteiger partial charge on any atom is 0.156 e. The zero-order chi connectivity index (χ0) is 8.27. The first kappa shape index (κ1) is 8.47. The summed E-state index contributed by atoms with van der Waals surface area (Å²) in [6, 6.07) is 0. The summed E-state index contributed by atoms with van der Waals surface area (Å²) in [5.41, 5.74) is 1.14. The van der Waals surface area contributed by atoms with Crippen LogP contribution < -0.4 is 0 Å². The van der Waals surface area contributed by atoms with Crippen molar-refractivity contribution in [3.05, 3.63) is 11.6 Å². The number of ketones is 1. The molecule has 1 aliphatic rings. The van der Waals surface area contributed by atoms with Crippen LogP contribution in [0.4, 0.5) is 0 Å². The van der Waals surface area contributed by atoms with Crippen molar-refractivity contribution in [3.8, 4) is 0 Å². The van der Waals surface area contributed by atoms with Crippen molar-refractivity contribution >= 4 is 5.78 Å². The van der Waals surface area contributed by atoms with Crippen LogP contribution in [-0.4, -0.2) is 18.5 Å². The fraction of sp³-hybridized carbons (Fsp3) is 0.667. The number of hydrogen-bond donors (Lipinski definition) is 0. The minimum atomic E-state index is 0.243. The van der Waals surface area contributed by atoms with E-state index in [1.54, 1.807) is 6.08 Å². The minimum absolute atomic E-state index is 0.243. The Labute approximate surface area is 67.2 Å². The van der Waals surface area contributed by atoms with Crippen LogP contribution in [0, 0.1) is 0 Å². The van der Waals surface area contributed by atoms with Crippen molar-refractivity contribution in [1.82, 2.24) is 0 Å². The third-order valence-corrected chi connectivity index (χ3v) is 1.66. The molecule has 0 N–H and O–H groups in total. The van der Waals surface area contributed by atoms with Crippen LogP contribution in [0.25, 0.3) is 0 Å². The van der Waals surface area contributed by atoms with E-state index in [1.165, 1.54) is 0 Å². The first-order chi connectivity index (χ1) is 5.18. The Morgan fingerprint density at radius 2 is 2.27 bits per heavy atom. The average Bonchev–Trinajstić information content (AvgIpc) is 2.31. The van der Waals surface area contributed by atoms with Crippen LogP contribution in [0.5, 0.6) is 0 Å². The number of carbonyl (C=O) groups excluding carboxylic acids is 1. The SMILES string of the molecule is CC(C)OCC1=CC(=O)CC1. The van der Waals surface area contributed by atoms with Crippen LogP contribution in [0.15, 0.2) is 11.6 Å². The van der Waals surface area contributed by atoms with E-state index in [-0.39, 0.29) is 11.9 Å². The van der Waals surface area contributed by atoms with Gasteiger partial charge in [-0.1, -0.05) is 0 Å². The molecule has 0 aliphatic heterocycles. The van der Waals surface area contributed by atoms with Crippen molar-refractivity contribution < 1.29 is 9.53 Å². The second kappa shape index (κ2) is 3.67. The zero-order valence-electron chi connectivity index (χ0n) is 7.09. The summed E-state index contributed by atoms with van der Waals surface area (Å²) in [6.45, 7) is 4.62. The summed E-state index contributed by atoms with van der Waals surface area (Å²) in [5.74, 6) is 0.243. The Balaban J connectivity index is 2.27. The number of carbonyl (C=O) groups is 1. The summed E-state index contributed by atoms with van der Waals surface area (Å²) in [5, 5.41) is 0. The fourth-order valence-electron chi connectivity index (χ4n) is 1.04. The third-order valence-electron chi connectivity index (χ3n) is 1.66. The highest BCUT2D eigenvalue weighted by Crippen LogP contribution is 2.15. The largest absolute Gasteiger partial charge is 0.374 e. The van der Waals surface area contributed by atoms with E-state index in [2.05, 4.69) is 0 Å². The number of rotatable bonds is 3. The molecule has 62 valence electrons. The van der Waals surface area contributed by atoms with Crippen molar-refractivity contribution in [2.24, 2.45) is 0 Å². The molecule has 0 radical (unpaired) electrons. The molecule has 1 aliphatic carbocycles. The van der Waals surface area contributed by atoms with Gasteiger partial charge < -0.3 is 4.74 Å². The fourth-order valence-corrected chi connectivity index (χ4v) is 1.04. The van der Waals surface area contributed by atoms with Crippen LogP contribution in [0.2, 0.25) is 0 Å². The Bertz CT molecular complexity index is 180. The molecule has 0 aromatic carbocycles. The third kappa shape index (κ3) is 2.85. The maximum absolute atomic E-state index is 10.8. The standard InChI is InChI=1S/C9H14O2/c1-7(2)11-6-8-3-4-9(10)5-8/h5,7H,3-4,6H2,1-2H3. The van der Waals surface area contributed by atoms with Gasteiger partial charge in [0.05, 0.1) is 12.7 Å². The lowest BCUT2D eigenvalue weighted by atomic mass is 10.2. The van der Waals surface area contributed by atoms with Gasteiger partial charge in [0.15, 0.2) is 5.78 Å². The van der Waals surface area contributed by atoms with E-state index in [1.807, 2.05) is 13.8 Å². The quantitative estimate of drug-likeness (QED) is 0.618. The predicted molar refractivity (Wildman–Crippen MR) is 43.4 cm³/mol. The molecule has 2 heteroatoms. The van der Waals surface area contributed by atoms with Crippen molar-refractivity contribution in [3.63, 3.8) is 0 Å². The molecule has 0 bridgehead atoms. The topological polar surface area (TPSA) is 26.3 Å². The van der Waals surface area contributed by atoms with Gasteiger partial charge in [-0.3, -0.25) is 4.79 Å². The molecule has 0 atom stereocenters. The Kier molecular flexibility index (Phi) is 2.83. The summed E-state index contributed by atoms with van der Waals surface area (Å²) < 4.78 is 5.35. The van der Waals surface area contributed by atoms with Gasteiger partial charge >= 0.3 is 0 Å². The molecule has 0 fully saturated rings. The van der Waals surface area contributed by atoms with E-state index in [4.69, 9.17) is 4.74 Å². The van der Waals surface area contributed by atoms with Gasteiger partial charge in [0.1, 0.15) is 0 Å². The molecule has 1 rings (SSSR count). The van der Waals surface area contributed by atoms with Gasteiger partial charge in [0.25, 0.3) is 0 Å². The highest BCUT2D eigenvalue weighted by Gasteiger charge is 2.11. The molecule has 0 saturated carbocycles. The molecule has 2 nitrogen and oxygen atoms in total. The molecular weight excluding hydrogens is 140 g/mol. The molecule has 0 aromatic rings. The number of allylic oxidation sites excluding steroid dienone is 1. The van der Waals surface area contributed by atoms with E-state index < -0.39 is 0 Å². The molecule has 0 aromatic heterocycles. The monoisotopic (exact) mass is 154 g/mol. The lowest BCUT2D eigenvalue weighted by molar-refractivity contribution is -0.114. The Morgan fingerprint density at radius 3 is 2.73 bits per heavy atom. The zero-order valence-corrected chi connectivity index (χ0v) is 7.09. The molecule has 11 heavy (non-hydrogen) atoms. The van der Waals surface area contributed by atoms with Gasteiger partial charge in [-0.15, -0.1) is 0 Å². The first-order valence-corrected chi connectivity index (χ1v) is 4.02. The highest BCUT2D eigenvalue weighted by molar-refractivity contribution is 5.92. The first-order valence-electron chi connectivity index (χ1n) is 4.02. The summed E-state index contributed by atoms with van der Waals surface area (Å²) in [6.07, 6.45) is 3.54. The van der Waals surface area contributed by atoms with Gasteiger partial charge in [-0.2, -0.15) is 0 Å². The molecule has 0 heterocycles. The Morgan fingerprint density at radius 1 is 1.55 bits per heavy atom. The van der Waals surface area contributed by atoms with Crippen LogP contribution in [0.3, 0.4) is 0 Å². The highest BCUT2D eigenvalue weighted by atomic mass is 16.5. The van der Waals surface area contributed by atoms with Crippen LogP contribution in [0.1, 0.15) is 26.7 Å². The molecule has 0 saturated heterocycles. The minimum Gasteiger partial charge on any atom is -0.374 e. The molecule has 0 unspecified atom stereocenters. The van der Waals surface area contributed by atoms with E-state index in [9.17, 15) is 4.79 Å². The molecule has 0 amide bonds. The van der Waals surface area contributed by atoms with Gasteiger partial charge in [0.2, 0.25) is 0 Å². The number of hydrogen-bond acceptors (Lipinski definition) is 2. The van der Waals surface area contributed by atoms with Crippen molar-refractivity contribution in [1.29, 1.82) is 0 Å². The van der Waals surface area contributed by atoms with Gasteiger partial charge in [-0.25, -0.2) is 0 Å². The van der Waals surface area contributed by atoms with E-state index in [0.29, 0.717) is 13.0 Å². The second-order valence-electron chi connectivity index (χ2n) is 3.13. The van der Waals surface area contributed by atoms with Crippen LogP contribution >= 0.6 is 0 Å². The maximum atomic E-state index is 10.8. The van der Waals surface area contributed by atoms with E-state index >= 15 is 0 Å². The lowest BCUT2D eigenvalue weighted by Gasteiger charge is -2.06. The van der Waals surface area contributed by atoms with Gasteiger partial charge in [-0.05, 0) is 31.9 Å². The van der Waals surface area contributed by atoms with Gasteiger partial charge in [0, 0.05) is 6.42 Å². The predicted octanol–water partition coefficient (Wildman–Crippen LogP) is 1.70. The van der Waals surface area contributed by atoms with Crippen molar-refractivity contribution in [2.75, 3.05) is 6.61 Å². The van der Waals surface area contributed by atoms with Crippen molar-refractivity contribution in [2.45, 2.75) is 32.8 Å². The normalized spacial score (nSPS) is 17.7. The van der Waals surface area contributed by atoms with E-state index in [0.717, 1.165) is 12.0 Å². The molecule has 0 spiro atoms. The van der Waals surface area contributed by atoms with Crippen LogP contribution in [-0.2, 0) is 9.53 Å². The molecular formula is C9H14O2. The Hall–Kier alpha value is -0.630. The average molecular weight is 154 g/mol. The lowest BCUT2D eigenvalue weighted by Crippen LogP contribution is -2.04. The second-order valence-corrected chi connectivity index (χ2v) is 3.13. The summed E-state index contributed by atoms with van der Waals surface area (Å²) in [4.78, 5) is 10.8. The summed E-state index contributed by atoms with van der Waals surface area (Å²) in [7, 11) is 0. The summed E-state index contributed by atoms with van der Waals surface area (Å²) >= 11 is 0. The smallest absolute Gasteiger partial charge is 0.156 e. The number of ether oxygens (including phenoxy) is 1.